The molecule has 2 aliphatic heterocycles. The minimum atomic E-state index is -0.303. The van der Waals surface area contributed by atoms with Gasteiger partial charge in [0.2, 0.25) is 11.8 Å². The zero-order chi connectivity index (χ0) is 14.8. The van der Waals surface area contributed by atoms with Gasteiger partial charge in [0, 0.05) is 31.5 Å². The molecular formula is C15H20N2O3S. The Hall–Kier alpha value is -1.40. The topological polar surface area (TPSA) is 58.6 Å². The van der Waals surface area contributed by atoms with Gasteiger partial charge in [-0.2, -0.15) is 0 Å². The van der Waals surface area contributed by atoms with E-state index in [9.17, 15) is 9.59 Å². The third kappa shape index (κ3) is 2.96. The summed E-state index contributed by atoms with van der Waals surface area (Å²) in [5.41, 5.74) is 0. The molecule has 5 nitrogen and oxygen atoms in total. The Morgan fingerprint density at radius 2 is 2.43 bits per heavy atom. The van der Waals surface area contributed by atoms with E-state index in [-0.39, 0.29) is 36.3 Å². The maximum atomic E-state index is 12.5. The van der Waals surface area contributed by atoms with Crippen LogP contribution < -0.4 is 5.32 Å². The first-order valence-electron chi connectivity index (χ1n) is 7.35. The van der Waals surface area contributed by atoms with Crippen LogP contribution in [0.15, 0.2) is 17.5 Å². The molecular weight excluding hydrogens is 288 g/mol. The lowest BCUT2D eigenvalue weighted by Crippen LogP contribution is -2.38. The fourth-order valence-electron chi connectivity index (χ4n) is 3.10. The summed E-state index contributed by atoms with van der Waals surface area (Å²) in [4.78, 5) is 27.2. The average molecular weight is 308 g/mol. The van der Waals surface area contributed by atoms with Gasteiger partial charge in [-0.05, 0) is 24.3 Å². The summed E-state index contributed by atoms with van der Waals surface area (Å²) in [5, 5.41) is 4.94. The third-order valence-electron chi connectivity index (χ3n) is 4.29. The van der Waals surface area contributed by atoms with Crippen molar-refractivity contribution in [3.63, 3.8) is 0 Å². The van der Waals surface area contributed by atoms with Gasteiger partial charge < -0.3 is 15.0 Å². The number of rotatable bonds is 4. The van der Waals surface area contributed by atoms with Crippen molar-refractivity contribution < 1.29 is 14.3 Å². The molecule has 2 aliphatic rings. The van der Waals surface area contributed by atoms with Crippen molar-refractivity contribution in [3.05, 3.63) is 22.4 Å². The number of likely N-dealkylation sites (tertiary alicyclic amines) is 1. The van der Waals surface area contributed by atoms with Crippen LogP contribution in [0.1, 0.15) is 30.2 Å². The van der Waals surface area contributed by atoms with Crippen LogP contribution in [0.5, 0.6) is 0 Å². The minimum absolute atomic E-state index is 0.0330. The number of hydrogen-bond donors (Lipinski definition) is 1. The zero-order valence-corrected chi connectivity index (χ0v) is 12.9. The molecule has 0 radical (unpaired) electrons. The number of carbonyl (C=O) groups is 2. The number of nitrogens with one attached hydrogen (secondary N) is 1. The highest BCUT2D eigenvalue weighted by Crippen LogP contribution is 2.39. The Bertz CT molecular complexity index is 511. The lowest BCUT2D eigenvalue weighted by molar-refractivity contribution is -0.128. The van der Waals surface area contributed by atoms with Crippen molar-refractivity contribution >= 4 is 23.2 Å². The van der Waals surface area contributed by atoms with Gasteiger partial charge in [0.05, 0.1) is 18.1 Å². The highest BCUT2D eigenvalue weighted by molar-refractivity contribution is 7.10. The highest BCUT2D eigenvalue weighted by Gasteiger charge is 2.43. The molecule has 1 aromatic rings. The first-order valence-corrected chi connectivity index (χ1v) is 8.23. The van der Waals surface area contributed by atoms with Gasteiger partial charge in [-0.15, -0.1) is 11.3 Å². The van der Waals surface area contributed by atoms with Gasteiger partial charge in [-0.3, -0.25) is 9.59 Å². The molecule has 0 bridgehead atoms. The first-order chi connectivity index (χ1) is 10.2. The second-order valence-electron chi connectivity index (χ2n) is 5.66. The molecule has 1 N–H and O–H groups in total. The molecule has 3 atom stereocenters. The monoisotopic (exact) mass is 308 g/mol. The maximum Gasteiger partial charge on any atom is 0.226 e. The Balaban J connectivity index is 1.67. The quantitative estimate of drug-likeness (QED) is 0.918. The molecule has 0 unspecified atom stereocenters. The predicted octanol–water partition coefficient (Wildman–Crippen LogP) is 1.56. The van der Waals surface area contributed by atoms with Crippen LogP contribution in [0.3, 0.4) is 0 Å². The lowest BCUT2D eigenvalue weighted by Gasteiger charge is -2.23. The molecule has 0 spiro atoms. The van der Waals surface area contributed by atoms with Crippen LogP contribution in [-0.2, 0) is 14.3 Å². The van der Waals surface area contributed by atoms with Gasteiger partial charge in [0.15, 0.2) is 0 Å². The molecule has 2 fully saturated rings. The summed E-state index contributed by atoms with van der Waals surface area (Å²) >= 11 is 1.59. The fraction of sp³-hybridized carbons (Fsp3) is 0.600. The van der Waals surface area contributed by atoms with Crippen LogP contribution in [0.2, 0.25) is 0 Å². The minimum Gasteiger partial charge on any atom is -0.376 e. The van der Waals surface area contributed by atoms with E-state index in [2.05, 4.69) is 5.32 Å². The molecule has 2 amide bonds. The van der Waals surface area contributed by atoms with Gasteiger partial charge in [0.1, 0.15) is 0 Å². The highest BCUT2D eigenvalue weighted by atomic mass is 32.1. The number of carbonyl (C=O) groups excluding carboxylic acids is 2. The van der Waals surface area contributed by atoms with E-state index in [1.165, 1.54) is 0 Å². The molecule has 0 saturated carbocycles. The molecule has 3 rings (SSSR count). The van der Waals surface area contributed by atoms with Crippen molar-refractivity contribution in [1.29, 1.82) is 0 Å². The van der Waals surface area contributed by atoms with Gasteiger partial charge >= 0.3 is 0 Å². The van der Waals surface area contributed by atoms with Crippen molar-refractivity contribution in [2.24, 2.45) is 5.92 Å². The van der Waals surface area contributed by atoms with Crippen molar-refractivity contribution in [3.8, 4) is 0 Å². The molecule has 0 aliphatic carbocycles. The lowest BCUT2D eigenvalue weighted by atomic mass is 9.98. The van der Waals surface area contributed by atoms with Crippen LogP contribution in [-0.4, -0.2) is 43.0 Å². The summed E-state index contributed by atoms with van der Waals surface area (Å²) in [6, 6.07) is 3.81. The van der Waals surface area contributed by atoms with Gasteiger partial charge in [-0.1, -0.05) is 6.07 Å². The van der Waals surface area contributed by atoms with Crippen molar-refractivity contribution in [2.45, 2.75) is 31.4 Å². The van der Waals surface area contributed by atoms with E-state index >= 15 is 0 Å². The van der Waals surface area contributed by atoms with E-state index in [0.717, 1.165) is 24.3 Å². The van der Waals surface area contributed by atoms with Crippen LogP contribution >= 0.6 is 11.3 Å². The van der Waals surface area contributed by atoms with Gasteiger partial charge in [-0.25, -0.2) is 0 Å². The molecule has 3 heterocycles. The molecule has 21 heavy (non-hydrogen) atoms. The SMILES string of the molecule is CN1C(=O)C[C@H](C(=O)NC[C@H]2CCCO2)[C@@H]1c1cccs1. The summed E-state index contributed by atoms with van der Waals surface area (Å²) in [7, 11) is 1.78. The number of amides is 2. The van der Waals surface area contributed by atoms with Crippen molar-refractivity contribution in [1.82, 2.24) is 10.2 Å². The fourth-order valence-corrected chi connectivity index (χ4v) is 4.04. The molecule has 1 aromatic heterocycles. The Morgan fingerprint density at radius 3 is 3.10 bits per heavy atom. The molecule has 114 valence electrons. The number of ether oxygens (including phenoxy) is 1. The van der Waals surface area contributed by atoms with Crippen LogP contribution in [0.4, 0.5) is 0 Å². The van der Waals surface area contributed by atoms with Gasteiger partial charge in [0.25, 0.3) is 0 Å². The Kier molecular flexibility index (Phi) is 4.26. The largest absolute Gasteiger partial charge is 0.376 e. The molecule has 0 aromatic carbocycles. The normalized spacial score (nSPS) is 29.1. The predicted molar refractivity (Wildman–Crippen MR) is 79.9 cm³/mol. The smallest absolute Gasteiger partial charge is 0.226 e. The average Bonchev–Trinajstić information content (AvgIpc) is 3.19. The Labute approximate surface area is 128 Å². The summed E-state index contributed by atoms with van der Waals surface area (Å²) in [6.45, 7) is 1.33. The zero-order valence-electron chi connectivity index (χ0n) is 12.1. The van der Waals surface area contributed by atoms with E-state index < -0.39 is 0 Å². The first kappa shape index (κ1) is 14.5. The van der Waals surface area contributed by atoms with Crippen LogP contribution in [0.25, 0.3) is 0 Å². The van der Waals surface area contributed by atoms with Crippen LogP contribution in [0, 0.1) is 5.92 Å². The Morgan fingerprint density at radius 1 is 1.57 bits per heavy atom. The molecule has 2 saturated heterocycles. The number of hydrogen-bond acceptors (Lipinski definition) is 4. The van der Waals surface area contributed by atoms with Crippen molar-refractivity contribution in [2.75, 3.05) is 20.2 Å². The molecule has 6 heteroatoms. The second-order valence-corrected chi connectivity index (χ2v) is 6.63. The summed E-state index contributed by atoms with van der Waals surface area (Å²) in [5.74, 6) is -0.310. The standard InChI is InChI=1S/C15H20N2O3S/c1-17-13(18)8-11(14(17)12-5-3-7-21-12)15(19)16-9-10-4-2-6-20-10/h3,5,7,10-11,14H,2,4,6,8-9H2,1H3,(H,16,19)/t10-,11+,14-/m1/s1. The summed E-state index contributed by atoms with van der Waals surface area (Å²) < 4.78 is 5.52. The number of thiophene rings is 1. The summed E-state index contributed by atoms with van der Waals surface area (Å²) in [6.07, 6.45) is 2.47. The van der Waals surface area contributed by atoms with E-state index in [4.69, 9.17) is 4.74 Å². The maximum absolute atomic E-state index is 12.5. The van der Waals surface area contributed by atoms with E-state index in [1.54, 1.807) is 23.3 Å². The van der Waals surface area contributed by atoms with E-state index in [0.29, 0.717) is 6.54 Å². The third-order valence-corrected chi connectivity index (χ3v) is 5.23. The number of nitrogens with zero attached hydrogens (tertiary/aromatic N) is 1. The second kappa shape index (κ2) is 6.15. The van der Waals surface area contributed by atoms with E-state index in [1.807, 2.05) is 17.5 Å².